The van der Waals surface area contributed by atoms with Crippen molar-refractivity contribution in [3.63, 3.8) is 0 Å². The van der Waals surface area contributed by atoms with E-state index in [0.717, 1.165) is 33.5 Å². The van der Waals surface area contributed by atoms with E-state index in [1.165, 1.54) is 17.7 Å². The molecule has 0 saturated carbocycles. The van der Waals surface area contributed by atoms with Gasteiger partial charge in [-0.05, 0) is 37.5 Å². The number of hydrogen-bond acceptors (Lipinski definition) is 7. The highest BCUT2D eigenvalue weighted by Crippen LogP contribution is 2.33. The van der Waals surface area contributed by atoms with E-state index in [1.807, 2.05) is 31.2 Å². The van der Waals surface area contributed by atoms with E-state index in [4.69, 9.17) is 9.84 Å². The molecule has 0 bridgehead atoms. The van der Waals surface area contributed by atoms with Gasteiger partial charge in [-0.25, -0.2) is 9.97 Å². The van der Waals surface area contributed by atoms with Gasteiger partial charge in [-0.1, -0.05) is 18.2 Å². The lowest BCUT2D eigenvalue weighted by Crippen LogP contribution is -2.34. The SMILES string of the molecule is COc1ccccc1CCNc1ncnc2sc(C(=O)N[C@H](C)CO)c(C)c12. The molecule has 0 spiro atoms. The van der Waals surface area contributed by atoms with E-state index in [2.05, 4.69) is 20.6 Å². The number of anilines is 1. The average molecular weight is 401 g/mol. The van der Waals surface area contributed by atoms with Crippen LogP contribution in [0.5, 0.6) is 5.75 Å². The highest BCUT2D eigenvalue weighted by atomic mass is 32.1. The summed E-state index contributed by atoms with van der Waals surface area (Å²) in [6.45, 7) is 4.22. The number of aliphatic hydroxyl groups excluding tert-OH is 1. The number of nitrogens with one attached hydrogen (secondary N) is 2. The minimum atomic E-state index is -0.304. The molecule has 7 nitrogen and oxygen atoms in total. The smallest absolute Gasteiger partial charge is 0.262 e. The highest BCUT2D eigenvalue weighted by molar-refractivity contribution is 7.20. The average Bonchev–Trinajstić information content (AvgIpc) is 3.06. The van der Waals surface area contributed by atoms with Gasteiger partial charge in [0.05, 0.1) is 24.0 Å². The summed E-state index contributed by atoms with van der Waals surface area (Å²) in [4.78, 5) is 22.5. The molecule has 0 aliphatic rings. The van der Waals surface area contributed by atoms with Crippen LogP contribution < -0.4 is 15.4 Å². The maximum atomic E-state index is 12.5. The van der Waals surface area contributed by atoms with Gasteiger partial charge in [0.1, 0.15) is 22.7 Å². The van der Waals surface area contributed by atoms with E-state index in [-0.39, 0.29) is 18.6 Å². The summed E-state index contributed by atoms with van der Waals surface area (Å²) >= 11 is 1.33. The van der Waals surface area contributed by atoms with Gasteiger partial charge in [-0.15, -0.1) is 11.3 Å². The molecule has 3 rings (SSSR count). The topological polar surface area (TPSA) is 96.4 Å². The van der Waals surface area contributed by atoms with Crippen LogP contribution in [0, 0.1) is 6.92 Å². The van der Waals surface area contributed by atoms with Gasteiger partial charge in [0.2, 0.25) is 0 Å². The lowest BCUT2D eigenvalue weighted by Gasteiger charge is -2.11. The number of ether oxygens (including phenoxy) is 1. The third-order valence-electron chi connectivity index (χ3n) is 4.46. The van der Waals surface area contributed by atoms with Crippen molar-refractivity contribution in [3.8, 4) is 5.75 Å². The normalized spacial score (nSPS) is 12.0. The number of hydrogen-bond donors (Lipinski definition) is 3. The Hall–Kier alpha value is -2.71. The number of aliphatic hydroxyl groups is 1. The number of para-hydroxylation sites is 1. The first kappa shape index (κ1) is 20.0. The van der Waals surface area contributed by atoms with Gasteiger partial charge in [0, 0.05) is 12.6 Å². The summed E-state index contributed by atoms with van der Waals surface area (Å²) in [6.07, 6.45) is 2.28. The van der Waals surface area contributed by atoms with Crippen LogP contribution in [0.4, 0.5) is 5.82 Å². The molecule has 2 heterocycles. The van der Waals surface area contributed by atoms with E-state index in [1.54, 1.807) is 14.0 Å². The molecular weight excluding hydrogens is 376 g/mol. The van der Waals surface area contributed by atoms with Crippen molar-refractivity contribution in [1.82, 2.24) is 15.3 Å². The molecule has 1 amide bonds. The fourth-order valence-corrected chi connectivity index (χ4v) is 4.03. The van der Waals surface area contributed by atoms with E-state index >= 15 is 0 Å². The number of carbonyl (C=O) groups excluding carboxylic acids is 1. The number of aromatic nitrogens is 2. The minimum Gasteiger partial charge on any atom is -0.496 e. The van der Waals surface area contributed by atoms with Crippen molar-refractivity contribution < 1.29 is 14.6 Å². The van der Waals surface area contributed by atoms with Crippen molar-refractivity contribution in [2.75, 3.05) is 25.6 Å². The molecule has 1 atom stereocenters. The Kier molecular flexibility index (Phi) is 6.43. The predicted molar refractivity (Wildman–Crippen MR) is 111 cm³/mol. The molecule has 0 saturated heterocycles. The number of aryl methyl sites for hydroxylation is 1. The largest absolute Gasteiger partial charge is 0.496 e. The third kappa shape index (κ3) is 4.23. The van der Waals surface area contributed by atoms with Crippen molar-refractivity contribution in [2.45, 2.75) is 26.3 Å². The summed E-state index contributed by atoms with van der Waals surface area (Å²) in [5, 5.41) is 16.2. The molecule has 3 aromatic rings. The van der Waals surface area contributed by atoms with Crippen LogP contribution in [0.3, 0.4) is 0 Å². The number of carbonyl (C=O) groups is 1. The van der Waals surface area contributed by atoms with E-state index in [0.29, 0.717) is 17.2 Å². The lowest BCUT2D eigenvalue weighted by molar-refractivity contribution is 0.0926. The van der Waals surface area contributed by atoms with Gasteiger partial charge in [0.25, 0.3) is 5.91 Å². The molecule has 0 aliphatic heterocycles. The fourth-order valence-electron chi connectivity index (χ4n) is 2.98. The highest BCUT2D eigenvalue weighted by Gasteiger charge is 2.20. The maximum Gasteiger partial charge on any atom is 0.262 e. The van der Waals surface area contributed by atoms with Crippen LogP contribution >= 0.6 is 11.3 Å². The number of rotatable bonds is 8. The number of nitrogens with zero attached hydrogens (tertiary/aromatic N) is 2. The number of methoxy groups -OCH3 is 1. The third-order valence-corrected chi connectivity index (χ3v) is 5.66. The Labute approximate surface area is 167 Å². The quantitative estimate of drug-likeness (QED) is 0.538. The van der Waals surface area contributed by atoms with Crippen molar-refractivity contribution in [3.05, 3.63) is 46.6 Å². The molecule has 8 heteroatoms. The van der Waals surface area contributed by atoms with Crippen LogP contribution in [0.2, 0.25) is 0 Å². The summed E-state index contributed by atoms with van der Waals surface area (Å²) in [7, 11) is 1.67. The van der Waals surface area contributed by atoms with Gasteiger partial charge >= 0.3 is 0 Å². The van der Waals surface area contributed by atoms with Crippen LogP contribution in [-0.4, -0.2) is 47.3 Å². The first-order valence-corrected chi connectivity index (χ1v) is 9.88. The van der Waals surface area contributed by atoms with Gasteiger partial charge in [0.15, 0.2) is 0 Å². The Bertz CT molecular complexity index is 973. The van der Waals surface area contributed by atoms with Gasteiger partial charge < -0.3 is 20.5 Å². The van der Waals surface area contributed by atoms with Crippen LogP contribution in [-0.2, 0) is 6.42 Å². The second-order valence-electron chi connectivity index (χ2n) is 6.50. The Morgan fingerprint density at radius 2 is 2.11 bits per heavy atom. The van der Waals surface area contributed by atoms with Crippen LogP contribution in [0.1, 0.15) is 27.7 Å². The minimum absolute atomic E-state index is 0.106. The summed E-state index contributed by atoms with van der Waals surface area (Å²) < 4.78 is 5.39. The zero-order valence-corrected chi connectivity index (χ0v) is 17.0. The van der Waals surface area contributed by atoms with Crippen molar-refractivity contribution in [1.29, 1.82) is 0 Å². The monoisotopic (exact) mass is 400 g/mol. The Morgan fingerprint density at radius 3 is 2.86 bits per heavy atom. The Balaban J connectivity index is 1.79. The fraction of sp³-hybridized carbons (Fsp3) is 0.350. The molecule has 3 N–H and O–H groups in total. The van der Waals surface area contributed by atoms with E-state index in [9.17, 15) is 4.79 Å². The molecule has 0 radical (unpaired) electrons. The summed E-state index contributed by atoms with van der Waals surface area (Å²) in [6, 6.07) is 7.61. The summed E-state index contributed by atoms with van der Waals surface area (Å²) in [5.41, 5.74) is 1.95. The van der Waals surface area contributed by atoms with Gasteiger partial charge in [-0.3, -0.25) is 4.79 Å². The molecule has 0 fully saturated rings. The summed E-state index contributed by atoms with van der Waals surface area (Å²) in [5.74, 6) is 1.37. The molecular formula is C20H24N4O3S. The number of fused-ring (bicyclic) bond motifs is 1. The maximum absolute atomic E-state index is 12.5. The zero-order chi connectivity index (χ0) is 20.1. The van der Waals surface area contributed by atoms with Gasteiger partial charge in [-0.2, -0.15) is 0 Å². The second kappa shape index (κ2) is 8.99. The molecule has 0 aliphatic carbocycles. The zero-order valence-electron chi connectivity index (χ0n) is 16.2. The van der Waals surface area contributed by atoms with Crippen molar-refractivity contribution >= 4 is 33.3 Å². The molecule has 2 aromatic heterocycles. The lowest BCUT2D eigenvalue weighted by atomic mass is 10.1. The molecule has 0 unspecified atom stereocenters. The number of amides is 1. The van der Waals surface area contributed by atoms with Crippen LogP contribution in [0.25, 0.3) is 10.2 Å². The number of thiophene rings is 1. The van der Waals surface area contributed by atoms with E-state index < -0.39 is 0 Å². The molecule has 28 heavy (non-hydrogen) atoms. The predicted octanol–water partition coefficient (Wildman–Crippen LogP) is 2.77. The first-order valence-electron chi connectivity index (χ1n) is 9.06. The Morgan fingerprint density at radius 1 is 1.32 bits per heavy atom. The number of benzene rings is 1. The van der Waals surface area contributed by atoms with Crippen LogP contribution in [0.15, 0.2) is 30.6 Å². The van der Waals surface area contributed by atoms with Crippen molar-refractivity contribution in [2.24, 2.45) is 0 Å². The molecule has 148 valence electrons. The second-order valence-corrected chi connectivity index (χ2v) is 7.50. The standard InChI is InChI=1S/C20H24N4O3S/c1-12(10-25)24-19(26)17-13(2)16-18(22-11-23-20(16)28-17)21-9-8-14-6-4-5-7-15(14)27-3/h4-7,11-12,25H,8-10H2,1-3H3,(H,24,26)(H,21,22,23)/t12-/m1/s1. The first-order chi connectivity index (χ1) is 13.5. The molecule has 1 aromatic carbocycles.